The molecule has 6 fully saturated rings. The second-order valence-electron chi connectivity index (χ2n) is 17.0. The molecule has 10 atom stereocenters. The summed E-state index contributed by atoms with van der Waals surface area (Å²) < 4.78 is 26.0. The van der Waals surface area contributed by atoms with E-state index in [0.717, 1.165) is 94.2 Å². The molecule has 0 N–H and O–H groups in total. The Kier molecular flexibility index (Phi) is 10.0. The molecule has 0 aliphatic carbocycles. The van der Waals surface area contributed by atoms with Gasteiger partial charge in [-0.15, -0.1) is 10.2 Å². The van der Waals surface area contributed by atoms with E-state index in [1.165, 1.54) is 25.7 Å². The predicted molar refractivity (Wildman–Crippen MR) is 227 cm³/mol. The Morgan fingerprint density at radius 3 is 1.47 bits per heavy atom. The molecule has 4 unspecified atom stereocenters. The molecule has 9 heterocycles. The summed E-state index contributed by atoms with van der Waals surface area (Å²) in [5, 5.41) is 13.7. The van der Waals surface area contributed by atoms with E-state index in [1.807, 2.05) is 36.7 Å². The number of piperidine rings is 6. The molecule has 6 aliphatic heterocycles. The number of fused-ring (bicyclic) bond motifs is 9. The maximum absolute atomic E-state index is 7.30. The van der Waals surface area contributed by atoms with Gasteiger partial charge in [0.25, 0.3) is 0 Å². The van der Waals surface area contributed by atoms with Crippen LogP contribution in [0.15, 0.2) is 85.2 Å². The van der Waals surface area contributed by atoms with Crippen molar-refractivity contribution in [3.63, 3.8) is 0 Å². The highest BCUT2D eigenvalue weighted by molar-refractivity contribution is 5.91. The standard InChI is InChI=1S/C48H54N6O4/c1-5-29-27-53-21-17-31(29)23-43(53)45(35-15-19-49-41-13-11-33(55-3)25-39(35)41)57-47-37-9-7-8-10-38(37)48(52-51-47)58-46(44-24-32-18-22-54(44)28-30(32)6-2)36-16-20-50-42-14-12-34(56-4)26-40(36)42/h7-16,19-20,25-26,29-32,43-46H,5-6,17-18,21-24,27-28H2,1-4H3/t29-,30-,31?,32?,43+,44+,45-,46-/m0/s1. The van der Waals surface area contributed by atoms with Crippen LogP contribution in [-0.4, -0.2) is 82.4 Å². The van der Waals surface area contributed by atoms with Crippen LogP contribution in [0.5, 0.6) is 23.3 Å². The van der Waals surface area contributed by atoms with Crippen LogP contribution in [0.1, 0.15) is 75.7 Å². The first-order chi connectivity index (χ1) is 28.5. The monoisotopic (exact) mass is 778 g/mol. The number of rotatable bonds is 12. The zero-order valence-electron chi connectivity index (χ0n) is 34.1. The van der Waals surface area contributed by atoms with Crippen LogP contribution in [0.3, 0.4) is 0 Å². The minimum absolute atomic E-state index is 0.180. The predicted octanol–water partition coefficient (Wildman–Crippen LogP) is 9.22. The SMILES string of the molecule is CC[C@H]1CN2CCC1C[C@@H]2[C@@H](Oc1nnc(O[C@@H](c2ccnc3ccc(OC)cc23)[C@H]2CC3CCN2C[C@@H]3CC)c2ccccc12)c1ccnc2ccc(OC)cc12. The molecule has 12 rings (SSSR count). The Labute approximate surface area is 340 Å². The van der Waals surface area contributed by atoms with Crippen molar-refractivity contribution in [3.8, 4) is 23.3 Å². The highest BCUT2D eigenvalue weighted by Gasteiger charge is 2.46. The third kappa shape index (κ3) is 6.58. The Hall–Kier alpha value is -5.06. The molecule has 3 aromatic carbocycles. The van der Waals surface area contributed by atoms with Gasteiger partial charge < -0.3 is 18.9 Å². The Morgan fingerprint density at radius 2 is 1.07 bits per heavy atom. The number of methoxy groups -OCH3 is 2. The second-order valence-corrected chi connectivity index (χ2v) is 17.0. The fraction of sp³-hybridized carbons (Fsp3) is 0.458. The Balaban J connectivity index is 1.06. The van der Waals surface area contributed by atoms with Crippen molar-refractivity contribution < 1.29 is 18.9 Å². The number of pyridine rings is 2. The largest absolute Gasteiger partial charge is 0.497 e. The summed E-state index contributed by atoms with van der Waals surface area (Å²) in [5.74, 6) is 5.39. The first kappa shape index (κ1) is 37.2. The van der Waals surface area contributed by atoms with Gasteiger partial charge >= 0.3 is 0 Å². The molecule has 3 aromatic heterocycles. The summed E-state index contributed by atoms with van der Waals surface area (Å²) in [6.45, 7) is 9.00. The van der Waals surface area contributed by atoms with Gasteiger partial charge in [-0.05, 0) is 123 Å². The van der Waals surface area contributed by atoms with Crippen LogP contribution in [0, 0.1) is 23.7 Å². The molecule has 4 bridgehead atoms. The number of benzene rings is 3. The van der Waals surface area contributed by atoms with Crippen LogP contribution in [0.25, 0.3) is 32.6 Å². The summed E-state index contributed by atoms with van der Waals surface area (Å²) >= 11 is 0. The molecular formula is C48H54N6O4. The number of ether oxygens (including phenoxy) is 4. The lowest BCUT2D eigenvalue weighted by molar-refractivity contribution is -0.0505. The van der Waals surface area contributed by atoms with Crippen molar-refractivity contribution in [3.05, 3.63) is 96.3 Å². The van der Waals surface area contributed by atoms with Crippen molar-refractivity contribution in [1.82, 2.24) is 30.0 Å². The average molecular weight is 779 g/mol. The fourth-order valence-corrected chi connectivity index (χ4v) is 11.1. The van der Waals surface area contributed by atoms with Gasteiger partial charge in [-0.1, -0.05) is 38.8 Å². The van der Waals surface area contributed by atoms with Gasteiger partial charge in [0.05, 0.1) is 48.1 Å². The number of hydrogen-bond donors (Lipinski definition) is 0. The van der Waals surface area contributed by atoms with Crippen LogP contribution in [-0.2, 0) is 0 Å². The average Bonchev–Trinajstić information content (AvgIpc) is 3.29. The molecule has 300 valence electrons. The number of aromatic nitrogens is 4. The van der Waals surface area contributed by atoms with E-state index in [4.69, 9.17) is 39.1 Å². The lowest BCUT2D eigenvalue weighted by Crippen LogP contribution is -2.56. The molecule has 0 saturated carbocycles. The van der Waals surface area contributed by atoms with E-state index in [2.05, 4.69) is 72.2 Å². The van der Waals surface area contributed by atoms with Crippen molar-refractivity contribution in [2.24, 2.45) is 23.7 Å². The molecule has 0 spiro atoms. The van der Waals surface area contributed by atoms with Gasteiger partial charge in [-0.25, -0.2) is 0 Å². The third-order valence-corrected chi connectivity index (χ3v) is 14.3. The summed E-state index contributed by atoms with van der Waals surface area (Å²) in [6.07, 6.45) is 10.2. The summed E-state index contributed by atoms with van der Waals surface area (Å²) in [7, 11) is 3.42. The van der Waals surface area contributed by atoms with Crippen molar-refractivity contribution >= 4 is 32.6 Å². The van der Waals surface area contributed by atoms with Gasteiger partial charge in [0, 0.05) is 47.4 Å². The van der Waals surface area contributed by atoms with Gasteiger partial charge in [-0.2, -0.15) is 0 Å². The molecule has 0 radical (unpaired) electrons. The lowest BCUT2D eigenvalue weighted by atomic mass is 9.72. The van der Waals surface area contributed by atoms with Crippen LogP contribution < -0.4 is 18.9 Å². The first-order valence-electron chi connectivity index (χ1n) is 21.5. The Morgan fingerprint density at radius 1 is 0.603 bits per heavy atom. The lowest BCUT2D eigenvalue weighted by Gasteiger charge is -2.52. The minimum atomic E-state index is -0.300. The third-order valence-electron chi connectivity index (χ3n) is 14.3. The van der Waals surface area contributed by atoms with Gasteiger partial charge in [0.1, 0.15) is 23.7 Å². The fourth-order valence-electron chi connectivity index (χ4n) is 11.1. The van der Waals surface area contributed by atoms with E-state index in [9.17, 15) is 0 Å². The van der Waals surface area contributed by atoms with Crippen molar-refractivity contribution in [2.75, 3.05) is 40.4 Å². The second kappa shape index (κ2) is 15.6. The van der Waals surface area contributed by atoms with Crippen molar-refractivity contribution in [2.45, 2.75) is 76.7 Å². The van der Waals surface area contributed by atoms with Crippen molar-refractivity contribution in [1.29, 1.82) is 0 Å². The number of hydrogen-bond acceptors (Lipinski definition) is 10. The molecule has 10 nitrogen and oxygen atoms in total. The van der Waals surface area contributed by atoms with Gasteiger partial charge in [0.2, 0.25) is 11.8 Å². The van der Waals surface area contributed by atoms with E-state index >= 15 is 0 Å². The first-order valence-corrected chi connectivity index (χ1v) is 21.5. The molecule has 0 amide bonds. The Bertz CT molecular complexity index is 2280. The molecule has 6 aromatic rings. The van der Waals surface area contributed by atoms with E-state index in [0.29, 0.717) is 35.4 Å². The van der Waals surface area contributed by atoms with Gasteiger partial charge in [0.15, 0.2) is 0 Å². The van der Waals surface area contributed by atoms with Crippen LogP contribution in [0.4, 0.5) is 0 Å². The summed E-state index contributed by atoms with van der Waals surface area (Å²) in [6, 6.07) is 25.1. The highest BCUT2D eigenvalue weighted by atomic mass is 16.5. The summed E-state index contributed by atoms with van der Waals surface area (Å²) in [4.78, 5) is 14.8. The van der Waals surface area contributed by atoms with E-state index < -0.39 is 0 Å². The van der Waals surface area contributed by atoms with E-state index in [1.54, 1.807) is 14.2 Å². The highest BCUT2D eigenvalue weighted by Crippen LogP contribution is 2.47. The smallest absolute Gasteiger partial charge is 0.242 e. The zero-order valence-corrected chi connectivity index (χ0v) is 34.1. The van der Waals surface area contributed by atoms with E-state index in [-0.39, 0.29) is 24.3 Å². The molecular weight excluding hydrogens is 725 g/mol. The minimum Gasteiger partial charge on any atom is -0.497 e. The number of nitrogens with zero attached hydrogens (tertiary/aromatic N) is 6. The van der Waals surface area contributed by atoms with Gasteiger partial charge in [-0.3, -0.25) is 19.8 Å². The maximum atomic E-state index is 7.30. The normalized spacial score (nSPS) is 27.4. The zero-order chi connectivity index (χ0) is 39.3. The molecule has 6 saturated heterocycles. The molecule has 10 heteroatoms. The van der Waals surface area contributed by atoms with Crippen LogP contribution in [0.2, 0.25) is 0 Å². The quantitative estimate of drug-likeness (QED) is 0.120. The summed E-state index contributed by atoms with van der Waals surface area (Å²) in [5.41, 5.74) is 4.01. The molecule has 58 heavy (non-hydrogen) atoms. The topological polar surface area (TPSA) is 95.0 Å². The molecule has 6 aliphatic rings. The maximum Gasteiger partial charge on any atom is 0.242 e. The van der Waals surface area contributed by atoms with Crippen LogP contribution >= 0.6 is 0 Å².